The molecule has 0 radical (unpaired) electrons. The van der Waals surface area contributed by atoms with Crippen LogP contribution >= 0.6 is 12.2 Å². The molecule has 3 aromatic carbocycles. The first kappa shape index (κ1) is 19.6. The van der Waals surface area contributed by atoms with Crippen molar-refractivity contribution in [3.8, 4) is 11.5 Å². The van der Waals surface area contributed by atoms with Crippen LogP contribution < -0.4 is 20.2 Å². The van der Waals surface area contributed by atoms with Crippen LogP contribution in [0.5, 0.6) is 11.5 Å². The van der Waals surface area contributed by atoms with E-state index in [1.165, 1.54) is 10.8 Å². The van der Waals surface area contributed by atoms with E-state index < -0.39 is 0 Å². The van der Waals surface area contributed by atoms with Crippen molar-refractivity contribution in [1.29, 1.82) is 0 Å². The zero-order valence-electron chi connectivity index (χ0n) is 15.9. The number of benzene rings is 3. The number of nitrogens with zero attached hydrogens (tertiary/aromatic N) is 1. The monoisotopic (exact) mass is 393 g/mol. The normalized spacial score (nSPS) is 10.8. The molecule has 0 fully saturated rings. The Morgan fingerprint density at radius 2 is 1.89 bits per heavy atom. The summed E-state index contributed by atoms with van der Waals surface area (Å²) >= 11 is 5.07. The highest BCUT2D eigenvalue weighted by molar-refractivity contribution is 7.80. The number of hydrogen-bond acceptors (Lipinski definition) is 4. The van der Waals surface area contributed by atoms with Crippen LogP contribution in [0.15, 0.2) is 65.8 Å². The van der Waals surface area contributed by atoms with E-state index in [0.29, 0.717) is 23.2 Å². The Kier molecular flexibility index (Phi) is 6.81. The van der Waals surface area contributed by atoms with Gasteiger partial charge in [0.1, 0.15) is 6.61 Å². The number of rotatable bonds is 7. The molecule has 0 aromatic heterocycles. The molecule has 0 saturated carbocycles. The molecule has 0 aliphatic carbocycles. The first-order valence-electron chi connectivity index (χ1n) is 9.05. The van der Waals surface area contributed by atoms with Gasteiger partial charge in [0.2, 0.25) is 0 Å². The third-order valence-corrected chi connectivity index (χ3v) is 4.40. The van der Waals surface area contributed by atoms with E-state index in [0.717, 1.165) is 17.7 Å². The number of fused-ring (bicyclic) bond motifs is 1. The molecule has 0 heterocycles. The Morgan fingerprint density at radius 3 is 2.71 bits per heavy atom. The topological polar surface area (TPSA) is 54.9 Å². The Labute approximate surface area is 170 Å². The third kappa shape index (κ3) is 4.98. The maximum absolute atomic E-state index is 6.04. The van der Waals surface area contributed by atoms with Crippen LogP contribution in [0.2, 0.25) is 0 Å². The van der Waals surface area contributed by atoms with Gasteiger partial charge in [-0.05, 0) is 59.2 Å². The summed E-state index contributed by atoms with van der Waals surface area (Å²) in [7, 11) is 1.62. The van der Waals surface area contributed by atoms with E-state index in [2.05, 4.69) is 40.1 Å². The van der Waals surface area contributed by atoms with Crippen molar-refractivity contribution in [3.05, 3.63) is 71.8 Å². The van der Waals surface area contributed by atoms with Gasteiger partial charge in [-0.15, -0.1) is 0 Å². The van der Waals surface area contributed by atoms with Crippen molar-refractivity contribution < 1.29 is 9.47 Å². The van der Waals surface area contributed by atoms with E-state index in [9.17, 15) is 0 Å². The largest absolute Gasteiger partial charge is 0.493 e. The lowest BCUT2D eigenvalue weighted by molar-refractivity contribution is 0.285. The van der Waals surface area contributed by atoms with E-state index in [-0.39, 0.29) is 0 Å². The molecule has 144 valence electrons. The Bertz CT molecular complexity index is 983. The van der Waals surface area contributed by atoms with Crippen LogP contribution in [0.4, 0.5) is 0 Å². The predicted molar refractivity (Wildman–Crippen MR) is 118 cm³/mol. The number of methoxy groups -OCH3 is 1. The highest BCUT2D eigenvalue weighted by atomic mass is 32.1. The highest BCUT2D eigenvalue weighted by Crippen LogP contribution is 2.29. The maximum atomic E-state index is 6.04. The fourth-order valence-corrected chi connectivity index (χ4v) is 3.02. The molecular formula is C22H23N3O2S. The van der Waals surface area contributed by atoms with Crippen LogP contribution in [-0.4, -0.2) is 25.0 Å². The molecule has 0 spiro atoms. The van der Waals surface area contributed by atoms with Crippen molar-refractivity contribution >= 4 is 34.3 Å². The Hall–Kier alpha value is -3.12. The summed E-state index contributed by atoms with van der Waals surface area (Å²) in [6.45, 7) is 3.18. The van der Waals surface area contributed by atoms with Gasteiger partial charge in [0.05, 0.1) is 13.3 Å². The summed E-state index contributed by atoms with van der Waals surface area (Å²) in [4.78, 5) is 0. The Balaban J connectivity index is 1.70. The van der Waals surface area contributed by atoms with Gasteiger partial charge in [-0.25, -0.2) is 0 Å². The van der Waals surface area contributed by atoms with E-state index in [1.54, 1.807) is 13.3 Å². The van der Waals surface area contributed by atoms with Crippen LogP contribution in [-0.2, 0) is 6.61 Å². The van der Waals surface area contributed by atoms with Gasteiger partial charge in [-0.2, -0.15) is 5.10 Å². The fourth-order valence-electron chi connectivity index (χ4n) is 2.82. The first-order valence-corrected chi connectivity index (χ1v) is 9.46. The van der Waals surface area contributed by atoms with Crippen LogP contribution in [0, 0.1) is 0 Å². The van der Waals surface area contributed by atoms with Gasteiger partial charge in [0.15, 0.2) is 16.6 Å². The maximum Gasteiger partial charge on any atom is 0.186 e. The SMILES string of the molecule is CCNC(=S)N/N=C/c1ccc(OCc2cccc3ccccc23)c(OC)c1. The number of thiocarbonyl (C=S) groups is 1. The van der Waals surface area contributed by atoms with Crippen molar-refractivity contribution in [2.75, 3.05) is 13.7 Å². The standard InChI is InChI=1S/C22H23N3O2S/c1-3-23-22(28)25-24-14-16-11-12-20(21(13-16)26-2)27-15-18-9-6-8-17-7-4-5-10-19(17)18/h4-14H,3,15H2,1-2H3,(H2,23,25,28)/b24-14+. The van der Waals surface area contributed by atoms with Crippen molar-refractivity contribution in [2.45, 2.75) is 13.5 Å². The average Bonchev–Trinajstić information content (AvgIpc) is 2.72. The molecule has 0 aliphatic heterocycles. The van der Waals surface area contributed by atoms with Crippen LogP contribution in [0.25, 0.3) is 10.8 Å². The number of nitrogens with one attached hydrogen (secondary N) is 2. The zero-order valence-corrected chi connectivity index (χ0v) is 16.8. The minimum Gasteiger partial charge on any atom is -0.493 e. The van der Waals surface area contributed by atoms with Gasteiger partial charge in [0, 0.05) is 6.54 Å². The van der Waals surface area contributed by atoms with Gasteiger partial charge in [0.25, 0.3) is 0 Å². The second-order valence-corrected chi connectivity index (χ2v) is 6.47. The summed E-state index contributed by atoms with van der Waals surface area (Å²) in [5.74, 6) is 1.34. The predicted octanol–water partition coefficient (Wildman–Crippen LogP) is 4.25. The van der Waals surface area contributed by atoms with Gasteiger partial charge in [-0.1, -0.05) is 42.5 Å². The lowest BCUT2D eigenvalue weighted by Gasteiger charge is -2.12. The quantitative estimate of drug-likeness (QED) is 0.357. The number of hydrazone groups is 1. The molecule has 3 rings (SSSR count). The molecule has 6 heteroatoms. The van der Waals surface area contributed by atoms with E-state index >= 15 is 0 Å². The van der Waals surface area contributed by atoms with Crippen LogP contribution in [0.1, 0.15) is 18.1 Å². The van der Waals surface area contributed by atoms with Crippen LogP contribution in [0.3, 0.4) is 0 Å². The van der Waals surface area contributed by atoms with Crippen molar-refractivity contribution in [2.24, 2.45) is 5.10 Å². The molecular weight excluding hydrogens is 370 g/mol. The molecule has 3 aromatic rings. The summed E-state index contributed by atoms with van der Waals surface area (Å²) in [5.41, 5.74) is 4.77. The number of hydrogen-bond donors (Lipinski definition) is 2. The molecule has 0 atom stereocenters. The molecule has 0 aliphatic rings. The van der Waals surface area contributed by atoms with Gasteiger partial charge in [-0.3, -0.25) is 5.43 Å². The molecule has 0 unspecified atom stereocenters. The van der Waals surface area contributed by atoms with Gasteiger partial charge >= 0.3 is 0 Å². The molecule has 0 amide bonds. The highest BCUT2D eigenvalue weighted by Gasteiger charge is 2.07. The molecule has 2 N–H and O–H groups in total. The first-order chi connectivity index (χ1) is 13.7. The molecule has 5 nitrogen and oxygen atoms in total. The minimum absolute atomic E-state index is 0.462. The van der Waals surface area contributed by atoms with E-state index in [4.69, 9.17) is 21.7 Å². The lowest BCUT2D eigenvalue weighted by atomic mass is 10.1. The lowest BCUT2D eigenvalue weighted by Crippen LogP contribution is -2.31. The van der Waals surface area contributed by atoms with Gasteiger partial charge < -0.3 is 14.8 Å². The summed E-state index contributed by atoms with van der Waals surface area (Å²) in [6.07, 6.45) is 1.68. The molecule has 0 saturated heterocycles. The summed E-state index contributed by atoms with van der Waals surface area (Å²) < 4.78 is 11.5. The average molecular weight is 394 g/mol. The smallest absolute Gasteiger partial charge is 0.186 e. The van der Waals surface area contributed by atoms with Crippen molar-refractivity contribution in [1.82, 2.24) is 10.7 Å². The number of ether oxygens (including phenoxy) is 2. The molecule has 0 bridgehead atoms. The Morgan fingerprint density at radius 1 is 1.07 bits per heavy atom. The third-order valence-electron chi connectivity index (χ3n) is 4.17. The van der Waals surface area contributed by atoms with Crippen molar-refractivity contribution in [3.63, 3.8) is 0 Å². The summed E-state index contributed by atoms with van der Waals surface area (Å²) in [5, 5.41) is 9.96. The zero-order chi connectivity index (χ0) is 19.8. The fraction of sp³-hybridized carbons (Fsp3) is 0.182. The van der Waals surface area contributed by atoms with E-state index in [1.807, 2.05) is 43.3 Å². The minimum atomic E-state index is 0.462. The second-order valence-electron chi connectivity index (χ2n) is 6.07. The molecule has 28 heavy (non-hydrogen) atoms. The summed E-state index contributed by atoms with van der Waals surface area (Å²) in [6, 6.07) is 20.2. The second kappa shape index (κ2) is 9.71.